The second-order valence-corrected chi connectivity index (χ2v) is 4.90. The molecule has 1 N–H and O–H groups in total. The third kappa shape index (κ3) is 2.70. The van der Waals surface area contributed by atoms with Crippen molar-refractivity contribution in [2.24, 2.45) is 0 Å². The smallest absolute Gasteiger partial charge is 0.176 e. The van der Waals surface area contributed by atoms with E-state index in [2.05, 4.69) is 5.32 Å². The molecule has 1 heterocycles. The predicted octanol–water partition coefficient (Wildman–Crippen LogP) is 4.50. The summed E-state index contributed by atoms with van der Waals surface area (Å²) >= 11 is 0. The van der Waals surface area contributed by atoms with Gasteiger partial charge in [0.25, 0.3) is 0 Å². The van der Waals surface area contributed by atoms with Gasteiger partial charge in [0.2, 0.25) is 0 Å². The van der Waals surface area contributed by atoms with Gasteiger partial charge < -0.3 is 14.5 Å². The van der Waals surface area contributed by atoms with Gasteiger partial charge in [-0.25, -0.2) is 4.39 Å². The lowest BCUT2D eigenvalue weighted by Gasteiger charge is -2.07. The molecule has 3 aromatic rings. The zero-order valence-electron chi connectivity index (χ0n) is 11.9. The average Bonchev–Trinajstić information content (AvgIpc) is 2.91. The molecule has 0 radical (unpaired) electrons. The number of para-hydroxylation sites is 1. The zero-order valence-corrected chi connectivity index (χ0v) is 11.9. The van der Waals surface area contributed by atoms with Gasteiger partial charge in [0, 0.05) is 11.1 Å². The largest absolute Gasteiger partial charge is 0.493 e. The van der Waals surface area contributed by atoms with E-state index in [4.69, 9.17) is 9.15 Å². The highest BCUT2D eigenvalue weighted by atomic mass is 19.1. The van der Waals surface area contributed by atoms with E-state index in [1.165, 1.54) is 12.1 Å². The first-order valence-electron chi connectivity index (χ1n) is 6.73. The van der Waals surface area contributed by atoms with Gasteiger partial charge in [-0.3, -0.25) is 0 Å². The van der Waals surface area contributed by atoms with Crippen LogP contribution < -0.4 is 10.1 Å². The molecular weight excluding hydrogens is 269 g/mol. The van der Waals surface area contributed by atoms with E-state index in [0.717, 1.165) is 28.0 Å². The van der Waals surface area contributed by atoms with Crippen molar-refractivity contribution in [1.82, 2.24) is 0 Å². The first-order chi connectivity index (χ1) is 10.2. The van der Waals surface area contributed by atoms with Crippen LogP contribution in [0.4, 0.5) is 10.1 Å². The van der Waals surface area contributed by atoms with E-state index in [1.54, 1.807) is 13.2 Å². The molecule has 0 unspecified atom stereocenters. The number of furan rings is 1. The fraction of sp³-hybridized carbons (Fsp3) is 0.176. The van der Waals surface area contributed by atoms with E-state index < -0.39 is 0 Å². The number of rotatable bonds is 4. The minimum atomic E-state index is -0.255. The number of benzene rings is 2. The third-order valence-electron chi connectivity index (χ3n) is 3.43. The highest BCUT2D eigenvalue weighted by Crippen LogP contribution is 2.29. The maximum atomic E-state index is 13.3. The number of nitrogens with one attached hydrogen (secondary N) is 1. The van der Waals surface area contributed by atoms with Gasteiger partial charge in [0.1, 0.15) is 11.6 Å². The molecule has 0 aliphatic carbocycles. The van der Waals surface area contributed by atoms with Crippen molar-refractivity contribution < 1.29 is 13.5 Å². The minimum Gasteiger partial charge on any atom is -0.493 e. The molecule has 108 valence electrons. The molecule has 0 atom stereocenters. The zero-order chi connectivity index (χ0) is 14.8. The Kier molecular flexibility index (Phi) is 3.52. The Hall–Kier alpha value is -2.49. The maximum absolute atomic E-state index is 13.3. The number of hydrogen-bond donors (Lipinski definition) is 1. The SMILES string of the molecule is COc1cccc2cc(CNc3cc(F)ccc3C)oc12. The van der Waals surface area contributed by atoms with Crippen molar-refractivity contribution in [1.29, 1.82) is 0 Å². The summed E-state index contributed by atoms with van der Waals surface area (Å²) in [6, 6.07) is 12.4. The minimum absolute atomic E-state index is 0.255. The van der Waals surface area contributed by atoms with Crippen molar-refractivity contribution in [2.75, 3.05) is 12.4 Å². The fourth-order valence-electron chi connectivity index (χ4n) is 2.30. The molecule has 0 fully saturated rings. The van der Waals surface area contributed by atoms with Crippen LogP contribution in [0, 0.1) is 12.7 Å². The lowest BCUT2D eigenvalue weighted by atomic mass is 10.2. The van der Waals surface area contributed by atoms with Crippen molar-refractivity contribution >= 4 is 16.7 Å². The second-order valence-electron chi connectivity index (χ2n) is 4.90. The van der Waals surface area contributed by atoms with Gasteiger partial charge >= 0.3 is 0 Å². The van der Waals surface area contributed by atoms with Crippen molar-refractivity contribution in [2.45, 2.75) is 13.5 Å². The van der Waals surface area contributed by atoms with Gasteiger partial charge in [-0.2, -0.15) is 0 Å². The van der Waals surface area contributed by atoms with Gasteiger partial charge in [0.15, 0.2) is 11.3 Å². The van der Waals surface area contributed by atoms with E-state index in [1.807, 2.05) is 31.2 Å². The monoisotopic (exact) mass is 285 g/mol. The number of halogens is 1. The van der Waals surface area contributed by atoms with Crippen LogP contribution in [0.5, 0.6) is 5.75 Å². The molecule has 3 rings (SSSR count). The van der Waals surface area contributed by atoms with Crippen LogP contribution in [0.2, 0.25) is 0 Å². The number of hydrogen-bond acceptors (Lipinski definition) is 3. The molecule has 1 aromatic heterocycles. The second kappa shape index (κ2) is 5.48. The predicted molar refractivity (Wildman–Crippen MR) is 81.2 cm³/mol. The number of ether oxygens (including phenoxy) is 1. The summed E-state index contributed by atoms with van der Waals surface area (Å²) in [6.45, 7) is 2.42. The Morgan fingerprint density at radius 1 is 1.19 bits per heavy atom. The fourth-order valence-corrected chi connectivity index (χ4v) is 2.30. The van der Waals surface area contributed by atoms with Gasteiger partial charge in [0.05, 0.1) is 13.7 Å². The van der Waals surface area contributed by atoms with Crippen LogP contribution in [0.1, 0.15) is 11.3 Å². The van der Waals surface area contributed by atoms with Crippen molar-refractivity contribution in [3.05, 3.63) is 59.6 Å². The lowest BCUT2D eigenvalue weighted by molar-refractivity contribution is 0.408. The normalized spacial score (nSPS) is 10.8. The lowest BCUT2D eigenvalue weighted by Crippen LogP contribution is -2.00. The summed E-state index contributed by atoms with van der Waals surface area (Å²) in [5, 5.41) is 4.18. The summed E-state index contributed by atoms with van der Waals surface area (Å²) in [4.78, 5) is 0. The van der Waals surface area contributed by atoms with E-state index >= 15 is 0 Å². The van der Waals surface area contributed by atoms with Crippen LogP contribution in [-0.2, 0) is 6.54 Å². The number of anilines is 1. The Bertz CT molecular complexity index is 780. The van der Waals surface area contributed by atoms with Crippen LogP contribution in [0.25, 0.3) is 11.0 Å². The van der Waals surface area contributed by atoms with E-state index in [9.17, 15) is 4.39 Å². The molecule has 0 saturated heterocycles. The molecule has 0 spiro atoms. The van der Waals surface area contributed by atoms with Crippen LogP contribution >= 0.6 is 0 Å². The quantitative estimate of drug-likeness (QED) is 0.766. The Labute approximate surface area is 122 Å². The van der Waals surface area contributed by atoms with E-state index in [0.29, 0.717) is 12.3 Å². The van der Waals surface area contributed by atoms with Crippen molar-refractivity contribution in [3.63, 3.8) is 0 Å². The molecular formula is C17H16FNO2. The van der Waals surface area contributed by atoms with Gasteiger partial charge in [-0.05, 0) is 36.8 Å². The molecule has 3 nitrogen and oxygen atoms in total. The molecule has 2 aromatic carbocycles. The first-order valence-corrected chi connectivity index (χ1v) is 6.73. The summed E-state index contributed by atoms with van der Waals surface area (Å²) in [7, 11) is 1.62. The van der Waals surface area contributed by atoms with E-state index in [-0.39, 0.29) is 5.82 Å². The Balaban J connectivity index is 1.84. The Morgan fingerprint density at radius 3 is 2.86 bits per heavy atom. The molecule has 4 heteroatoms. The summed E-state index contributed by atoms with van der Waals surface area (Å²) in [5.41, 5.74) is 2.49. The summed E-state index contributed by atoms with van der Waals surface area (Å²) in [6.07, 6.45) is 0. The standard InChI is InChI=1S/C17H16FNO2/c1-11-6-7-13(18)9-15(11)19-10-14-8-12-4-3-5-16(20-2)17(12)21-14/h3-9,19H,10H2,1-2H3. The molecule has 0 amide bonds. The maximum Gasteiger partial charge on any atom is 0.176 e. The third-order valence-corrected chi connectivity index (χ3v) is 3.43. The molecule has 0 aliphatic rings. The topological polar surface area (TPSA) is 34.4 Å². The van der Waals surface area contributed by atoms with Crippen LogP contribution in [-0.4, -0.2) is 7.11 Å². The molecule has 21 heavy (non-hydrogen) atoms. The average molecular weight is 285 g/mol. The highest BCUT2D eigenvalue weighted by Gasteiger charge is 2.09. The van der Waals surface area contributed by atoms with Gasteiger partial charge in [-0.15, -0.1) is 0 Å². The molecule has 0 aliphatic heterocycles. The summed E-state index contributed by atoms with van der Waals surface area (Å²) in [5.74, 6) is 1.23. The van der Waals surface area contributed by atoms with Crippen LogP contribution in [0.3, 0.4) is 0 Å². The van der Waals surface area contributed by atoms with Crippen LogP contribution in [0.15, 0.2) is 46.9 Å². The Morgan fingerprint density at radius 2 is 2.05 bits per heavy atom. The van der Waals surface area contributed by atoms with Crippen molar-refractivity contribution in [3.8, 4) is 5.75 Å². The summed E-state index contributed by atoms with van der Waals surface area (Å²) < 4.78 is 24.3. The highest BCUT2D eigenvalue weighted by molar-refractivity contribution is 5.83. The number of aryl methyl sites for hydroxylation is 1. The first kappa shape index (κ1) is 13.5. The number of fused-ring (bicyclic) bond motifs is 1. The number of methoxy groups -OCH3 is 1. The molecule has 0 bridgehead atoms. The molecule has 0 saturated carbocycles. The van der Waals surface area contributed by atoms with Gasteiger partial charge in [-0.1, -0.05) is 18.2 Å².